The van der Waals surface area contributed by atoms with Crippen molar-refractivity contribution in [1.29, 1.82) is 0 Å². The van der Waals surface area contributed by atoms with Gasteiger partial charge in [0, 0.05) is 32.4 Å². The van der Waals surface area contributed by atoms with Crippen LogP contribution in [0.2, 0.25) is 0 Å². The summed E-state index contributed by atoms with van der Waals surface area (Å²) < 4.78 is 1.70. The number of likely N-dealkylation sites (tertiary alicyclic amines) is 1. The molecule has 1 aromatic rings. The Morgan fingerprint density at radius 3 is 2.57 bits per heavy atom. The molecule has 1 amide bonds. The van der Waals surface area contributed by atoms with E-state index < -0.39 is 5.78 Å². The molecule has 1 saturated heterocycles. The summed E-state index contributed by atoms with van der Waals surface area (Å²) in [6.45, 7) is 3.49. The lowest BCUT2D eigenvalue weighted by molar-refractivity contribution is -0.125. The van der Waals surface area contributed by atoms with E-state index in [0.29, 0.717) is 30.7 Å². The second kappa shape index (κ2) is 6.43. The number of amides is 1. The highest BCUT2D eigenvalue weighted by Crippen LogP contribution is 2.25. The van der Waals surface area contributed by atoms with E-state index in [2.05, 4.69) is 11.8 Å². The fourth-order valence-corrected chi connectivity index (χ4v) is 3.21. The predicted molar refractivity (Wildman–Crippen MR) is 82.2 cm³/mol. The van der Waals surface area contributed by atoms with E-state index in [1.807, 2.05) is 14.1 Å². The molecule has 116 valence electrons. The van der Waals surface area contributed by atoms with Crippen molar-refractivity contribution in [2.75, 3.05) is 27.2 Å². The summed E-state index contributed by atoms with van der Waals surface area (Å²) in [6.07, 6.45) is 3.97. The molecule has 0 aromatic carbocycles. The van der Waals surface area contributed by atoms with Crippen molar-refractivity contribution in [2.24, 2.45) is 13.0 Å². The lowest BCUT2D eigenvalue weighted by Gasteiger charge is -2.24. The maximum atomic E-state index is 12.5. The van der Waals surface area contributed by atoms with E-state index in [1.165, 1.54) is 0 Å². The number of carbonyl (C=O) groups is 2. The molecule has 1 aromatic heterocycles. The van der Waals surface area contributed by atoms with Crippen LogP contribution in [0.15, 0.2) is 18.3 Å². The molecule has 1 aliphatic rings. The summed E-state index contributed by atoms with van der Waals surface area (Å²) in [6, 6.07) is 3.83. The van der Waals surface area contributed by atoms with Gasteiger partial charge in [0.2, 0.25) is 0 Å². The molecule has 1 fully saturated rings. The van der Waals surface area contributed by atoms with Gasteiger partial charge in [0.25, 0.3) is 11.7 Å². The van der Waals surface area contributed by atoms with Crippen LogP contribution < -0.4 is 0 Å². The topological polar surface area (TPSA) is 45.6 Å². The van der Waals surface area contributed by atoms with Gasteiger partial charge < -0.3 is 14.4 Å². The second-order valence-corrected chi connectivity index (χ2v) is 6.12. The molecule has 0 spiro atoms. The van der Waals surface area contributed by atoms with E-state index in [0.717, 1.165) is 12.8 Å². The number of hydrogen-bond acceptors (Lipinski definition) is 3. The highest BCUT2D eigenvalue weighted by molar-refractivity contribution is 6.42. The zero-order valence-corrected chi connectivity index (χ0v) is 13.4. The number of carbonyl (C=O) groups excluding carboxylic acids is 2. The minimum absolute atomic E-state index is 0.343. The first-order valence-electron chi connectivity index (χ1n) is 7.57. The molecular weight excluding hydrogens is 266 g/mol. The minimum Gasteiger partial charge on any atom is -0.348 e. The number of Topliss-reactive ketones (excluding diaryl/α,β-unsaturated/α-hetero) is 1. The number of likely N-dealkylation sites (N-methyl/N-ethyl adjacent to an activating group) is 1. The standard InChI is InChI=1S/C16H25N3O2/c1-5-7-12-10-19(11-14(12)17(2)3)16(21)15(20)13-8-6-9-18(13)4/h6,8-9,12,14H,5,7,10-11H2,1-4H3. The van der Waals surface area contributed by atoms with Crippen LogP contribution in [0.4, 0.5) is 0 Å². The first kappa shape index (κ1) is 15.8. The van der Waals surface area contributed by atoms with Gasteiger partial charge in [0.1, 0.15) is 0 Å². The molecule has 0 aliphatic carbocycles. The van der Waals surface area contributed by atoms with E-state index in [4.69, 9.17) is 0 Å². The van der Waals surface area contributed by atoms with Crippen molar-refractivity contribution >= 4 is 11.7 Å². The van der Waals surface area contributed by atoms with Gasteiger partial charge in [-0.3, -0.25) is 9.59 Å². The van der Waals surface area contributed by atoms with Gasteiger partial charge in [-0.2, -0.15) is 0 Å². The Morgan fingerprint density at radius 1 is 1.33 bits per heavy atom. The molecule has 2 unspecified atom stereocenters. The van der Waals surface area contributed by atoms with Gasteiger partial charge in [-0.1, -0.05) is 13.3 Å². The molecule has 0 saturated carbocycles. The Kier molecular flexibility index (Phi) is 4.83. The van der Waals surface area contributed by atoms with Crippen LogP contribution in [0.25, 0.3) is 0 Å². The summed E-state index contributed by atoms with van der Waals surface area (Å²) in [4.78, 5) is 28.7. The molecule has 21 heavy (non-hydrogen) atoms. The fraction of sp³-hybridized carbons (Fsp3) is 0.625. The number of nitrogens with zero attached hydrogens (tertiary/aromatic N) is 3. The molecule has 5 heteroatoms. The average Bonchev–Trinajstić information content (AvgIpc) is 3.04. The molecule has 0 bridgehead atoms. The van der Waals surface area contributed by atoms with E-state index in [-0.39, 0.29) is 5.91 Å². The highest BCUT2D eigenvalue weighted by atomic mass is 16.2. The quantitative estimate of drug-likeness (QED) is 0.608. The van der Waals surface area contributed by atoms with E-state index in [9.17, 15) is 9.59 Å². The zero-order valence-electron chi connectivity index (χ0n) is 13.4. The number of ketones is 1. The molecule has 5 nitrogen and oxygen atoms in total. The molecule has 0 radical (unpaired) electrons. The summed E-state index contributed by atoms with van der Waals surface area (Å²) in [7, 11) is 5.87. The van der Waals surface area contributed by atoms with Gasteiger partial charge in [0.05, 0.1) is 5.69 Å². The maximum absolute atomic E-state index is 12.5. The van der Waals surface area contributed by atoms with Crippen LogP contribution in [0.3, 0.4) is 0 Å². The third kappa shape index (κ3) is 3.18. The highest BCUT2D eigenvalue weighted by Gasteiger charge is 2.38. The van der Waals surface area contributed by atoms with Crippen molar-refractivity contribution in [3.8, 4) is 0 Å². The Labute approximate surface area is 126 Å². The van der Waals surface area contributed by atoms with Crippen LogP contribution in [0, 0.1) is 5.92 Å². The first-order valence-corrected chi connectivity index (χ1v) is 7.57. The molecule has 1 aliphatic heterocycles. The maximum Gasteiger partial charge on any atom is 0.296 e. The number of aromatic nitrogens is 1. The monoisotopic (exact) mass is 291 g/mol. The summed E-state index contributed by atoms with van der Waals surface area (Å²) >= 11 is 0. The Bertz CT molecular complexity index is 521. The SMILES string of the molecule is CCCC1CN(C(=O)C(=O)c2cccn2C)CC1N(C)C. The molecule has 0 N–H and O–H groups in total. The normalized spacial score (nSPS) is 22.0. The Balaban J connectivity index is 2.10. The molecule has 2 rings (SSSR count). The Hall–Kier alpha value is -1.62. The fourth-order valence-electron chi connectivity index (χ4n) is 3.21. The smallest absolute Gasteiger partial charge is 0.296 e. The number of aryl methyl sites for hydroxylation is 1. The molecule has 2 atom stereocenters. The first-order chi connectivity index (χ1) is 9.95. The lowest BCUT2D eigenvalue weighted by Crippen LogP contribution is -2.38. The zero-order chi connectivity index (χ0) is 15.6. The largest absolute Gasteiger partial charge is 0.348 e. The van der Waals surface area contributed by atoms with Crippen molar-refractivity contribution in [1.82, 2.24) is 14.4 Å². The van der Waals surface area contributed by atoms with Crippen LogP contribution in [0.5, 0.6) is 0 Å². The van der Waals surface area contributed by atoms with Crippen LogP contribution in [-0.2, 0) is 11.8 Å². The van der Waals surface area contributed by atoms with Crippen molar-refractivity contribution < 1.29 is 9.59 Å². The van der Waals surface area contributed by atoms with Gasteiger partial charge in [-0.25, -0.2) is 0 Å². The summed E-state index contributed by atoms with van der Waals surface area (Å²) in [5.74, 6) is -0.324. The third-order valence-electron chi connectivity index (χ3n) is 4.39. The minimum atomic E-state index is -0.405. The number of rotatable bonds is 5. The second-order valence-electron chi connectivity index (χ2n) is 6.12. The van der Waals surface area contributed by atoms with Crippen molar-refractivity contribution in [3.05, 3.63) is 24.0 Å². The van der Waals surface area contributed by atoms with Gasteiger partial charge in [-0.15, -0.1) is 0 Å². The summed E-state index contributed by atoms with van der Waals surface area (Å²) in [5.41, 5.74) is 0.459. The number of hydrogen-bond donors (Lipinski definition) is 0. The predicted octanol–water partition coefficient (Wildman–Crippen LogP) is 1.40. The Morgan fingerprint density at radius 2 is 2.05 bits per heavy atom. The van der Waals surface area contributed by atoms with Crippen molar-refractivity contribution in [3.63, 3.8) is 0 Å². The van der Waals surface area contributed by atoms with E-state index >= 15 is 0 Å². The van der Waals surface area contributed by atoms with Crippen LogP contribution in [-0.4, -0.2) is 59.3 Å². The van der Waals surface area contributed by atoms with Crippen LogP contribution >= 0.6 is 0 Å². The van der Waals surface area contributed by atoms with Gasteiger partial charge in [0.15, 0.2) is 0 Å². The van der Waals surface area contributed by atoms with E-state index in [1.54, 1.807) is 34.8 Å². The third-order valence-corrected chi connectivity index (χ3v) is 4.39. The molecule has 2 heterocycles. The summed E-state index contributed by atoms with van der Waals surface area (Å²) in [5, 5.41) is 0. The average molecular weight is 291 g/mol. The van der Waals surface area contributed by atoms with Crippen molar-refractivity contribution in [2.45, 2.75) is 25.8 Å². The molecular formula is C16H25N3O2. The lowest BCUT2D eigenvalue weighted by atomic mass is 9.98. The van der Waals surface area contributed by atoms with Gasteiger partial charge in [-0.05, 0) is 38.6 Å². The van der Waals surface area contributed by atoms with Crippen LogP contribution in [0.1, 0.15) is 30.3 Å². The van der Waals surface area contributed by atoms with Gasteiger partial charge >= 0.3 is 0 Å².